The average Bonchev–Trinajstić information content (AvgIpc) is 3.14. The molecule has 0 heterocycles. The minimum atomic E-state index is -0.849. The van der Waals surface area contributed by atoms with Crippen molar-refractivity contribution in [2.24, 2.45) is 5.41 Å². The number of hydrogen-bond donors (Lipinski definition) is 1. The van der Waals surface area contributed by atoms with Crippen molar-refractivity contribution in [3.05, 3.63) is 22.7 Å². The minimum absolute atomic E-state index is 0.273. The van der Waals surface area contributed by atoms with Gasteiger partial charge in [0.25, 0.3) is 0 Å². The van der Waals surface area contributed by atoms with E-state index in [0.29, 0.717) is 29.3 Å². The molecule has 1 amide bonds. The Morgan fingerprint density at radius 3 is 2.72 bits per heavy atom. The standard InChI is InChI=1S/C13H13ClN2O2/c1-8-5-10(11(18-2)6-9(8)14)16-12(17)13(7-15)3-4-13/h5-6H,3-4H2,1-2H3,(H,16,17). The summed E-state index contributed by atoms with van der Waals surface area (Å²) in [7, 11) is 1.51. The van der Waals surface area contributed by atoms with Crippen molar-refractivity contribution >= 4 is 23.2 Å². The first-order valence-corrected chi connectivity index (χ1v) is 5.97. The lowest BCUT2D eigenvalue weighted by molar-refractivity contribution is -0.119. The molecule has 18 heavy (non-hydrogen) atoms. The van der Waals surface area contributed by atoms with E-state index in [4.69, 9.17) is 21.6 Å². The van der Waals surface area contributed by atoms with E-state index in [1.54, 1.807) is 12.1 Å². The first-order valence-electron chi connectivity index (χ1n) is 5.59. The smallest absolute Gasteiger partial charge is 0.244 e. The van der Waals surface area contributed by atoms with Crippen LogP contribution in [0.3, 0.4) is 0 Å². The van der Waals surface area contributed by atoms with Crippen LogP contribution in [0.25, 0.3) is 0 Å². The molecule has 1 aliphatic rings. The molecule has 1 aromatic carbocycles. The number of rotatable bonds is 3. The highest BCUT2D eigenvalue weighted by atomic mass is 35.5. The van der Waals surface area contributed by atoms with Gasteiger partial charge in [-0.2, -0.15) is 5.26 Å². The molecule has 0 saturated heterocycles. The molecule has 1 aliphatic carbocycles. The van der Waals surface area contributed by atoms with E-state index in [2.05, 4.69) is 11.4 Å². The van der Waals surface area contributed by atoms with Crippen LogP contribution in [0.1, 0.15) is 18.4 Å². The molecule has 1 aromatic rings. The van der Waals surface area contributed by atoms with Crippen LogP contribution in [-0.2, 0) is 4.79 Å². The molecule has 1 saturated carbocycles. The highest BCUT2D eigenvalue weighted by Gasteiger charge is 2.50. The summed E-state index contributed by atoms with van der Waals surface area (Å²) < 4.78 is 5.17. The monoisotopic (exact) mass is 264 g/mol. The van der Waals surface area contributed by atoms with Crippen LogP contribution in [0.2, 0.25) is 5.02 Å². The number of hydrogen-bond acceptors (Lipinski definition) is 3. The summed E-state index contributed by atoms with van der Waals surface area (Å²) in [6, 6.07) is 5.45. The summed E-state index contributed by atoms with van der Waals surface area (Å²) in [5.41, 5.74) is 0.541. The molecule has 0 aromatic heterocycles. The number of carbonyl (C=O) groups is 1. The van der Waals surface area contributed by atoms with Crippen LogP contribution < -0.4 is 10.1 Å². The molecular weight excluding hydrogens is 252 g/mol. The zero-order valence-electron chi connectivity index (χ0n) is 10.2. The van der Waals surface area contributed by atoms with Crippen LogP contribution in [0.5, 0.6) is 5.75 Å². The van der Waals surface area contributed by atoms with E-state index in [0.717, 1.165) is 5.56 Å². The quantitative estimate of drug-likeness (QED) is 0.913. The van der Waals surface area contributed by atoms with Crippen molar-refractivity contribution in [1.82, 2.24) is 0 Å². The van der Waals surface area contributed by atoms with Gasteiger partial charge in [0, 0.05) is 11.1 Å². The van der Waals surface area contributed by atoms with E-state index in [1.807, 2.05) is 6.92 Å². The van der Waals surface area contributed by atoms with Crippen molar-refractivity contribution in [1.29, 1.82) is 5.26 Å². The summed E-state index contributed by atoms with van der Waals surface area (Å²) >= 11 is 5.99. The van der Waals surface area contributed by atoms with Crippen LogP contribution in [0.4, 0.5) is 5.69 Å². The second-order valence-corrected chi connectivity index (χ2v) is 4.86. The van der Waals surface area contributed by atoms with Crippen molar-refractivity contribution in [3.8, 4) is 11.8 Å². The number of nitrogens with one attached hydrogen (secondary N) is 1. The lowest BCUT2D eigenvalue weighted by Gasteiger charge is -2.13. The third-order valence-corrected chi connectivity index (χ3v) is 3.53. The van der Waals surface area contributed by atoms with Crippen molar-refractivity contribution in [2.45, 2.75) is 19.8 Å². The SMILES string of the molecule is COc1cc(Cl)c(C)cc1NC(=O)C1(C#N)CC1. The molecule has 0 aliphatic heterocycles. The number of benzene rings is 1. The first kappa shape index (κ1) is 12.7. The Hall–Kier alpha value is -1.73. The zero-order chi connectivity index (χ0) is 13.3. The van der Waals surface area contributed by atoms with Gasteiger partial charge in [0.05, 0.1) is 18.9 Å². The Labute approximate surface area is 111 Å². The Bertz CT molecular complexity index is 545. The Morgan fingerprint density at radius 1 is 1.56 bits per heavy atom. The number of amides is 1. The van der Waals surface area contributed by atoms with E-state index < -0.39 is 5.41 Å². The summed E-state index contributed by atoms with van der Waals surface area (Å²) in [4.78, 5) is 12.0. The number of anilines is 1. The number of aryl methyl sites for hydroxylation is 1. The highest BCUT2D eigenvalue weighted by Crippen LogP contribution is 2.46. The van der Waals surface area contributed by atoms with E-state index in [9.17, 15) is 4.79 Å². The number of ether oxygens (including phenoxy) is 1. The zero-order valence-corrected chi connectivity index (χ0v) is 11.0. The molecule has 4 nitrogen and oxygen atoms in total. The number of halogens is 1. The van der Waals surface area contributed by atoms with E-state index >= 15 is 0 Å². The van der Waals surface area contributed by atoms with Crippen molar-refractivity contribution in [2.75, 3.05) is 12.4 Å². The van der Waals surface area contributed by atoms with Gasteiger partial charge in [-0.1, -0.05) is 11.6 Å². The molecule has 0 radical (unpaired) electrons. The molecule has 2 rings (SSSR count). The summed E-state index contributed by atoms with van der Waals surface area (Å²) in [6.45, 7) is 1.84. The summed E-state index contributed by atoms with van der Waals surface area (Å²) in [5.74, 6) is 0.220. The van der Waals surface area contributed by atoms with Crippen LogP contribution in [0.15, 0.2) is 12.1 Å². The molecule has 5 heteroatoms. The van der Waals surface area contributed by atoms with E-state index in [1.165, 1.54) is 7.11 Å². The van der Waals surface area contributed by atoms with Gasteiger partial charge in [-0.25, -0.2) is 0 Å². The van der Waals surface area contributed by atoms with Gasteiger partial charge < -0.3 is 10.1 Å². The number of nitrogens with zero attached hydrogens (tertiary/aromatic N) is 1. The predicted octanol–water partition coefficient (Wildman–Crippen LogP) is 2.90. The van der Waals surface area contributed by atoms with Crippen LogP contribution in [-0.4, -0.2) is 13.0 Å². The minimum Gasteiger partial charge on any atom is -0.495 e. The fourth-order valence-corrected chi connectivity index (χ4v) is 1.84. The first-order chi connectivity index (χ1) is 8.52. The lowest BCUT2D eigenvalue weighted by Crippen LogP contribution is -2.23. The van der Waals surface area contributed by atoms with Crippen molar-refractivity contribution in [3.63, 3.8) is 0 Å². The third kappa shape index (κ3) is 2.14. The molecule has 1 fully saturated rings. The third-order valence-electron chi connectivity index (χ3n) is 3.13. The molecule has 1 N–H and O–H groups in total. The van der Waals surface area contributed by atoms with Gasteiger partial charge in [-0.3, -0.25) is 4.79 Å². The normalized spacial score (nSPS) is 15.7. The maximum absolute atomic E-state index is 12.0. The fourth-order valence-electron chi connectivity index (χ4n) is 1.69. The summed E-state index contributed by atoms with van der Waals surface area (Å²) in [5, 5.41) is 12.3. The van der Waals surface area contributed by atoms with E-state index in [-0.39, 0.29) is 5.91 Å². The number of nitriles is 1. The van der Waals surface area contributed by atoms with Gasteiger partial charge in [-0.15, -0.1) is 0 Å². The topological polar surface area (TPSA) is 62.1 Å². The van der Waals surface area contributed by atoms with Crippen LogP contribution >= 0.6 is 11.6 Å². The molecule has 0 spiro atoms. The van der Waals surface area contributed by atoms with Gasteiger partial charge in [-0.05, 0) is 31.4 Å². The molecule has 0 atom stereocenters. The second kappa shape index (κ2) is 4.51. The second-order valence-electron chi connectivity index (χ2n) is 4.45. The molecular formula is C13H13ClN2O2. The van der Waals surface area contributed by atoms with Crippen molar-refractivity contribution < 1.29 is 9.53 Å². The van der Waals surface area contributed by atoms with Gasteiger partial charge >= 0.3 is 0 Å². The predicted molar refractivity (Wildman–Crippen MR) is 68.7 cm³/mol. The maximum Gasteiger partial charge on any atom is 0.244 e. The van der Waals surface area contributed by atoms with Gasteiger partial charge in [0.2, 0.25) is 5.91 Å². The Balaban J connectivity index is 2.27. The van der Waals surface area contributed by atoms with Gasteiger partial charge in [0.15, 0.2) is 0 Å². The highest BCUT2D eigenvalue weighted by molar-refractivity contribution is 6.31. The largest absolute Gasteiger partial charge is 0.495 e. The Morgan fingerprint density at radius 2 is 2.22 bits per heavy atom. The van der Waals surface area contributed by atoms with Gasteiger partial charge in [0.1, 0.15) is 11.2 Å². The number of methoxy groups -OCH3 is 1. The molecule has 94 valence electrons. The number of carbonyl (C=O) groups excluding carboxylic acids is 1. The molecule has 0 unspecified atom stereocenters. The van der Waals surface area contributed by atoms with Crippen LogP contribution in [0, 0.1) is 23.7 Å². The summed E-state index contributed by atoms with van der Waals surface area (Å²) in [6.07, 6.45) is 1.23. The Kier molecular flexibility index (Phi) is 3.18. The lowest BCUT2D eigenvalue weighted by atomic mass is 10.1. The fraction of sp³-hybridized carbons (Fsp3) is 0.385. The molecule has 0 bridgehead atoms. The maximum atomic E-state index is 12.0. The average molecular weight is 265 g/mol.